The Morgan fingerprint density at radius 1 is 1.27 bits per heavy atom. The van der Waals surface area contributed by atoms with Gasteiger partial charge in [0.2, 0.25) is 15.9 Å². The Morgan fingerprint density at radius 3 is 2.82 bits per heavy atom. The fourth-order valence-corrected chi connectivity index (χ4v) is 3.54. The summed E-state index contributed by atoms with van der Waals surface area (Å²) in [6.07, 6.45) is 1.84. The number of carbonyl (C=O) groups is 1. The third-order valence-electron chi connectivity index (χ3n) is 3.52. The molecule has 7 heteroatoms. The molecule has 1 amide bonds. The van der Waals surface area contributed by atoms with Crippen LogP contribution in [0.25, 0.3) is 0 Å². The zero-order valence-electron chi connectivity index (χ0n) is 12.0. The van der Waals surface area contributed by atoms with E-state index in [4.69, 9.17) is 0 Å². The van der Waals surface area contributed by atoms with Crippen molar-refractivity contribution in [2.45, 2.75) is 17.9 Å². The lowest BCUT2D eigenvalue weighted by Gasteiger charge is -2.17. The van der Waals surface area contributed by atoms with Gasteiger partial charge in [-0.05, 0) is 35.9 Å². The molecular weight excluding hydrogens is 302 g/mol. The Balaban J connectivity index is 1.87. The first kappa shape index (κ1) is 14.7. The lowest BCUT2D eigenvalue weighted by atomic mass is 10.2. The summed E-state index contributed by atoms with van der Waals surface area (Å²) in [5.41, 5.74) is 2.06. The van der Waals surface area contributed by atoms with Crippen LogP contribution in [0.1, 0.15) is 11.3 Å². The largest absolute Gasteiger partial charge is 0.326 e. The van der Waals surface area contributed by atoms with Gasteiger partial charge in [-0.2, -0.15) is 4.31 Å². The molecular formula is C15H15N3O3S. The van der Waals surface area contributed by atoms with Gasteiger partial charge >= 0.3 is 0 Å². The van der Waals surface area contributed by atoms with Crippen molar-refractivity contribution in [1.82, 2.24) is 9.29 Å². The zero-order valence-corrected chi connectivity index (χ0v) is 12.8. The van der Waals surface area contributed by atoms with Gasteiger partial charge in [0, 0.05) is 18.9 Å². The van der Waals surface area contributed by atoms with Crippen molar-refractivity contribution in [3.63, 3.8) is 0 Å². The van der Waals surface area contributed by atoms with Crippen LogP contribution < -0.4 is 5.32 Å². The molecule has 2 aromatic rings. The van der Waals surface area contributed by atoms with Gasteiger partial charge in [-0.25, -0.2) is 8.42 Å². The number of nitrogens with one attached hydrogen (secondary N) is 1. The highest BCUT2D eigenvalue weighted by Crippen LogP contribution is 2.27. The number of aromatic nitrogens is 1. The Bertz CT molecular complexity index is 819. The second kappa shape index (κ2) is 5.51. The number of nitrogens with zero attached hydrogens (tertiary/aromatic N) is 2. The first-order chi connectivity index (χ1) is 10.5. The maximum Gasteiger partial charge on any atom is 0.243 e. The van der Waals surface area contributed by atoms with E-state index in [1.54, 1.807) is 30.5 Å². The van der Waals surface area contributed by atoms with Crippen molar-refractivity contribution in [3.05, 3.63) is 53.9 Å². The number of sulfonamides is 1. The van der Waals surface area contributed by atoms with Gasteiger partial charge in [-0.15, -0.1) is 0 Å². The number of fused-ring (bicyclic) bond motifs is 1. The molecule has 0 unspecified atom stereocenters. The van der Waals surface area contributed by atoms with Gasteiger partial charge in [0.15, 0.2) is 0 Å². The van der Waals surface area contributed by atoms with E-state index >= 15 is 0 Å². The predicted octanol–water partition coefficient (Wildman–Crippen LogP) is 1.40. The minimum Gasteiger partial charge on any atom is -0.326 e. The summed E-state index contributed by atoms with van der Waals surface area (Å²) >= 11 is 0. The van der Waals surface area contributed by atoms with E-state index in [0.717, 1.165) is 0 Å². The van der Waals surface area contributed by atoms with E-state index in [0.29, 0.717) is 16.9 Å². The summed E-state index contributed by atoms with van der Waals surface area (Å²) in [7, 11) is -2.11. The third-order valence-corrected chi connectivity index (χ3v) is 5.32. The van der Waals surface area contributed by atoms with Gasteiger partial charge in [0.1, 0.15) is 0 Å². The summed E-state index contributed by atoms with van der Waals surface area (Å²) in [6.45, 7) is 0.192. The Kier molecular flexibility index (Phi) is 3.67. The highest BCUT2D eigenvalue weighted by Gasteiger charge is 2.25. The van der Waals surface area contributed by atoms with Crippen molar-refractivity contribution in [3.8, 4) is 0 Å². The van der Waals surface area contributed by atoms with Crippen molar-refractivity contribution >= 4 is 21.6 Å². The predicted molar refractivity (Wildman–Crippen MR) is 81.7 cm³/mol. The van der Waals surface area contributed by atoms with Crippen LogP contribution in [0, 0.1) is 0 Å². The molecule has 6 nitrogen and oxygen atoms in total. The molecule has 0 fully saturated rings. The first-order valence-electron chi connectivity index (χ1n) is 6.76. The van der Waals surface area contributed by atoms with Crippen LogP contribution in [0.3, 0.4) is 0 Å². The molecule has 0 saturated carbocycles. The van der Waals surface area contributed by atoms with Crippen LogP contribution in [-0.2, 0) is 27.8 Å². The van der Waals surface area contributed by atoms with E-state index in [1.165, 1.54) is 17.4 Å². The van der Waals surface area contributed by atoms with E-state index in [-0.39, 0.29) is 23.8 Å². The number of rotatable bonds is 4. The Morgan fingerprint density at radius 2 is 2.09 bits per heavy atom. The summed E-state index contributed by atoms with van der Waals surface area (Å²) in [4.78, 5) is 15.7. The molecule has 0 spiro atoms. The molecule has 1 N–H and O–H groups in total. The molecule has 0 radical (unpaired) electrons. The van der Waals surface area contributed by atoms with Gasteiger partial charge < -0.3 is 5.32 Å². The number of carbonyl (C=O) groups excluding carboxylic acids is 1. The minimum atomic E-state index is -3.62. The summed E-state index contributed by atoms with van der Waals surface area (Å²) in [6, 6.07) is 10.1. The maximum absolute atomic E-state index is 12.6. The number of hydrogen-bond acceptors (Lipinski definition) is 4. The lowest BCUT2D eigenvalue weighted by molar-refractivity contribution is -0.115. The summed E-state index contributed by atoms with van der Waals surface area (Å²) < 4.78 is 26.5. The topological polar surface area (TPSA) is 79.4 Å². The number of pyridine rings is 1. The van der Waals surface area contributed by atoms with Gasteiger partial charge in [-0.1, -0.05) is 6.07 Å². The molecule has 3 rings (SSSR count). The minimum absolute atomic E-state index is 0.119. The van der Waals surface area contributed by atoms with Crippen LogP contribution in [-0.4, -0.2) is 30.7 Å². The SMILES string of the molecule is CN(Cc1ccccn1)S(=O)(=O)c1ccc2c(c1)CC(=O)N2. The van der Waals surface area contributed by atoms with Crippen LogP contribution in [0.5, 0.6) is 0 Å². The highest BCUT2D eigenvalue weighted by molar-refractivity contribution is 7.89. The first-order valence-corrected chi connectivity index (χ1v) is 8.20. The number of anilines is 1. The smallest absolute Gasteiger partial charge is 0.243 e. The average molecular weight is 317 g/mol. The number of hydrogen-bond donors (Lipinski definition) is 1. The molecule has 0 saturated heterocycles. The van der Waals surface area contributed by atoms with Crippen molar-refractivity contribution in [2.24, 2.45) is 0 Å². The molecule has 0 bridgehead atoms. The molecule has 0 atom stereocenters. The Hall–Kier alpha value is -2.25. The molecule has 0 aliphatic carbocycles. The van der Waals surface area contributed by atoms with Crippen LogP contribution in [0.2, 0.25) is 0 Å². The monoisotopic (exact) mass is 317 g/mol. The third kappa shape index (κ3) is 2.72. The standard InChI is InChI=1S/C15H15N3O3S/c1-18(10-12-4-2-3-7-16-12)22(20,21)13-5-6-14-11(8-13)9-15(19)17-14/h2-8H,9-10H2,1H3,(H,17,19). The van der Waals surface area contributed by atoms with Crippen molar-refractivity contribution in [2.75, 3.05) is 12.4 Å². The van der Waals surface area contributed by atoms with Crippen molar-refractivity contribution < 1.29 is 13.2 Å². The molecule has 1 aromatic heterocycles. The van der Waals surface area contributed by atoms with Crippen LogP contribution >= 0.6 is 0 Å². The Labute approximate surface area is 128 Å². The van der Waals surface area contributed by atoms with E-state index < -0.39 is 10.0 Å². The fraction of sp³-hybridized carbons (Fsp3) is 0.200. The molecule has 1 aromatic carbocycles. The van der Waals surface area contributed by atoms with Crippen LogP contribution in [0.4, 0.5) is 5.69 Å². The normalized spacial score (nSPS) is 14.0. The highest BCUT2D eigenvalue weighted by atomic mass is 32.2. The second-order valence-corrected chi connectivity index (χ2v) is 7.17. The fourth-order valence-electron chi connectivity index (χ4n) is 2.35. The number of benzene rings is 1. The summed E-state index contributed by atoms with van der Waals surface area (Å²) in [5, 5.41) is 2.69. The average Bonchev–Trinajstić information content (AvgIpc) is 2.87. The quantitative estimate of drug-likeness (QED) is 0.924. The zero-order chi connectivity index (χ0) is 15.7. The van der Waals surface area contributed by atoms with Crippen LogP contribution in [0.15, 0.2) is 47.5 Å². The maximum atomic E-state index is 12.6. The molecule has 22 heavy (non-hydrogen) atoms. The van der Waals surface area contributed by atoms with E-state index in [2.05, 4.69) is 10.3 Å². The number of amides is 1. The molecule has 114 valence electrons. The molecule has 2 heterocycles. The van der Waals surface area contributed by atoms with Gasteiger partial charge in [0.25, 0.3) is 0 Å². The summed E-state index contributed by atoms with van der Waals surface area (Å²) in [5.74, 6) is -0.119. The van der Waals surface area contributed by atoms with E-state index in [1.807, 2.05) is 6.07 Å². The van der Waals surface area contributed by atoms with Gasteiger partial charge in [-0.3, -0.25) is 9.78 Å². The second-order valence-electron chi connectivity index (χ2n) is 5.13. The van der Waals surface area contributed by atoms with Crippen molar-refractivity contribution in [1.29, 1.82) is 0 Å². The molecule has 1 aliphatic heterocycles. The lowest BCUT2D eigenvalue weighted by Crippen LogP contribution is -2.27. The van der Waals surface area contributed by atoms with E-state index in [9.17, 15) is 13.2 Å². The molecule has 1 aliphatic rings. The van der Waals surface area contributed by atoms with Gasteiger partial charge in [0.05, 0.1) is 23.6 Å².